The van der Waals surface area contributed by atoms with Crippen molar-refractivity contribution in [1.29, 1.82) is 0 Å². The molecule has 0 N–H and O–H groups in total. The highest BCUT2D eigenvalue weighted by Gasteiger charge is 2.22. The molecule has 1 amide bonds. The summed E-state index contributed by atoms with van der Waals surface area (Å²) < 4.78 is 0. The van der Waals surface area contributed by atoms with Gasteiger partial charge in [0.1, 0.15) is 0 Å². The molecular formula is C10H16N2O. The maximum atomic E-state index is 11.4. The summed E-state index contributed by atoms with van der Waals surface area (Å²) in [6, 6.07) is 0.441. The van der Waals surface area contributed by atoms with E-state index in [4.69, 9.17) is 0 Å². The Morgan fingerprint density at radius 1 is 1.46 bits per heavy atom. The van der Waals surface area contributed by atoms with E-state index in [-0.39, 0.29) is 5.91 Å². The van der Waals surface area contributed by atoms with Gasteiger partial charge < -0.3 is 9.80 Å². The third-order valence-electron chi connectivity index (χ3n) is 2.48. The molecule has 1 fully saturated rings. The molecule has 0 bridgehead atoms. The van der Waals surface area contributed by atoms with Crippen LogP contribution in [0.15, 0.2) is 0 Å². The molecule has 0 aliphatic carbocycles. The summed E-state index contributed by atoms with van der Waals surface area (Å²) in [5.74, 6) is 5.17. The molecule has 1 atom stereocenters. The molecule has 72 valence electrons. The predicted octanol–water partition coefficient (Wildman–Crippen LogP) is 0.172. The molecule has 0 aromatic heterocycles. The van der Waals surface area contributed by atoms with Crippen LogP contribution in [0.5, 0.6) is 0 Å². The fourth-order valence-electron chi connectivity index (χ4n) is 1.42. The van der Waals surface area contributed by atoms with E-state index in [1.54, 1.807) is 6.92 Å². The number of rotatable bonds is 0. The number of hydrogen-bond donors (Lipinski definition) is 0. The van der Waals surface area contributed by atoms with Gasteiger partial charge in [0.05, 0.1) is 0 Å². The van der Waals surface area contributed by atoms with Gasteiger partial charge in [-0.05, 0) is 26.8 Å². The molecular weight excluding hydrogens is 164 g/mol. The summed E-state index contributed by atoms with van der Waals surface area (Å²) in [5.41, 5.74) is 0. The topological polar surface area (TPSA) is 23.6 Å². The van der Waals surface area contributed by atoms with E-state index < -0.39 is 0 Å². The minimum absolute atomic E-state index is 0.0394. The van der Waals surface area contributed by atoms with E-state index in [0.29, 0.717) is 6.04 Å². The molecule has 3 nitrogen and oxygen atoms in total. The van der Waals surface area contributed by atoms with E-state index in [9.17, 15) is 4.79 Å². The van der Waals surface area contributed by atoms with Crippen LogP contribution < -0.4 is 0 Å². The van der Waals surface area contributed by atoms with Crippen LogP contribution in [0.1, 0.15) is 13.8 Å². The highest BCUT2D eigenvalue weighted by Crippen LogP contribution is 2.06. The molecule has 3 heteroatoms. The molecule has 1 aliphatic heterocycles. The van der Waals surface area contributed by atoms with Crippen LogP contribution in [0.3, 0.4) is 0 Å². The predicted molar refractivity (Wildman–Crippen MR) is 52.1 cm³/mol. The van der Waals surface area contributed by atoms with Gasteiger partial charge in [-0.1, -0.05) is 5.92 Å². The largest absolute Gasteiger partial charge is 0.329 e. The van der Waals surface area contributed by atoms with Gasteiger partial charge in [0.25, 0.3) is 5.91 Å². The van der Waals surface area contributed by atoms with Crippen LogP contribution in [0.4, 0.5) is 0 Å². The van der Waals surface area contributed by atoms with Gasteiger partial charge in [0.15, 0.2) is 0 Å². The second-order valence-corrected chi connectivity index (χ2v) is 3.46. The number of nitrogens with zero attached hydrogens (tertiary/aromatic N) is 2. The molecule has 0 saturated carbocycles. The Balaban J connectivity index is 2.53. The first-order valence-corrected chi connectivity index (χ1v) is 4.57. The lowest BCUT2D eigenvalue weighted by molar-refractivity contribution is -0.127. The van der Waals surface area contributed by atoms with Crippen molar-refractivity contribution in [3.8, 4) is 11.8 Å². The number of likely N-dealkylation sites (N-methyl/N-ethyl adjacent to an activating group) is 1. The normalized spacial score (nSPS) is 23.6. The van der Waals surface area contributed by atoms with Crippen molar-refractivity contribution in [2.75, 3.05) is 26.7 Å². The Hall–Kier alpha value is -1.01. The Kier molecular flexibility index (Phi) is 3.32. The summed E-state index contributed by atoms with van der Waals surface area (Å²) in [6.07, 6.45) is 0. The molecule has 0 aromatic carbocycles. The van der Waals surface area contributed by atoms with Crippen LogP contribution in [0.25, 0.3) is 0 Å². The zero-order valence-electron chi connectivity index (χ0n) is 8.50. The molecule has 0 radical (unpaired) electrons. The van der Waals surface area contributed by atoms with E-state index in [2.05, 4.69) is 30.7 Å². The summed E-state index contributed by atoms with van der Waals surface area (Å²) in [6.45, 7) is 6.35. The fraction of sp³-hybridized carbons (Fsp3) is 0.700. The van der Waals surface area contributed by atoms with Crippen molar-refractivity contribution < 1.29 is 4.79 Å². The average molecular weight is 180 g/mol. The van der Waals surface area contributed by atoms with Crippen LogP contribution in [0.2, 0.25) is 0 Å². The lowest BCUT2D eigenvalue weighted by Gasteiger charge is -2.36. The van der Waals surface area contributed by atoms with Gasteiger partial charge in [0.2, 0.25) is 0 Å². The molecule has 13 heavy (non-hydrogen) atoms. The second kappa shape index (κ2) is 4.29. The highest BCUT2D eigenvalue weighted by atomic mass is 16.2. The van der Waals surface area contributed by atoms with Gasteiger partial charge in [0, 0.05) is 25.7 Å². The Bertz CT molecular complexity index is 251. The molecule has 0 spiro atoms. The summed E-state index contributed by atoms with van der Waals surface area (Å²) >= 11 is 0. The number of piperazine rings is 1. The standard InChI is InChI=1S/C10H16N2O/c1-4-5-10(13)12-7-6-11(3)9(2)8-12/h9H,6-8H2,1-3H3. The first-order chi connectivity index (χ1) is 6.15. The highest BCUT2D eigenvalue weighted by molar-refractivity contribution is 5.93. The smallest absolute Gasteiger partial charge is 0.298 e. The maximum absolute atomic E-state index is 11.4. The molecule has 1 rings (SSSR count). The first kappa shape index (κ1) is 10.1. The van der Waals surface area contributed by atoms with Crippen molar-refractivity contribution in [1.82, 2.24) is 9.80 Å². The van der Waals surface area contributed by atoms with Gasteiger partial charge in [-0.15, -0.1) is 0 Å². The zero-order valence-corrected chi connectivity index (χ0v) is 8.50. The SMILES string of the molecule is CC#CC(=O)N1CCN(C)C(C)C1. The van der Waals surface area contributed by atoms with Gasteiger partial charge in [-0.2, -0.15) is 0 Å². The lowest BCUT2D eigenvalue weighted by Crippen LogP contribution is -2.51. The van der Waals surface area contributed by atoms with Gasteiger partial charge in [-0.25, -0.2) is 0 Å². The number of carbonyl (C=O) groups is 1. The fourth-order valence-corrected chi connectivity index (χ4v) is 1.42. The quantitative estimate of drug-likeness (QED) is 0.496. The third kappa shape index (κ3) is 2.46. The molecule has 1 aliphatic rings. The average Bonchev–Trinajstić information content (AvgIpc) is 2.10. The van der Waals surface area contributed by atoms with E-state index >= 15 is 0 Å². The Morgan fingerprint density at radius 3 is 2.69 bits per heavy atom. The Labute approximate surface area is 79.7 Å². The summed E-state index contributed by atoms with van der Waals surface area (Å²) in [7, 11) is 2.08. The Morgan fingerprint density at radius 2 is 2.15 bits per heavy atom. The van der Waals surface area contributed by atoms with Gasteiger partial charge >= 0.3 is 0 Å². The molecule has 1 unspecified atom stereocenters. The van der Waals surface area contributed by atoms with Gasteiger partial charge in [-0.3, -0.25) is 4.79 Å². The minimum Gasteiger partial charge on any atom is -0.329 e. The number of amides is 1. The number of carbonyl (C=O) groups excluding carboxylic acids is 1. The minimum atomic E-state index is -0.0394. The van der Waals surface area contributed by atoms with Crippen LogP contribution in [-0.4, -0.2) is 48.4 Å². The van der Waals surface area contributed by atoms with Crippen molar-refractivity contribution in [2.24, 2.45) is 0 Å². The van der Waals surface area contributed by atoms with E-state index in [1.807, 2.05) is 4.90 Å². The molecule has 0 aromatic rings. The second-order valence-electron chi connectivity index (χ2n) is 3.46. The van der Waals surface area contributed by atoms with Crippen LogP contribution in [-0.2, 0) is 4.79 Å². The third-order valence-corrected chi connectivity index (χ3v) is 2.48. The summed E-state index contributed by atoms with van der Waals surface area (Å²) in [5, 5.41) is 0. The van der Waals surface area contributed by atoms with Crippen molar-refractivity contribution in [3.63, 3.8) is 0 Å². The van der Waals surface area contributed by atoms with Crippen LogP contribution >= 0.6 is 0 Å². The maximum Gasteiger partial charge on any atom is 0.298 e. The summed E-state index contributed by atoms with van der Waals surface area (Å²) in [4.78, 5) is 15.5. The van der Waals surface area contributed by atoms with Crippen molar-refractivity contribution in [3.05, 3.63) is 0 Å². The zero-order chi connectivity index (χ0) is 9.84. The lowest BCUT2D eigenvalue weighted by atomic mass is 10.2. The van der Waals surface area contributed by atoms with Crippen molar-refractivity contribution >= 4 is 5.91 Å². The monoisotopic (exact) mass is 180 g/mol. The van der Waals surface area contributed by atoms with Crippen LogP contribution in [0, 0.1) is 11.8 Å². The molecule has 1 heterocycles. The number of hydrogen-bond acceptors (Lipinski definition) is 2. The first-order valence-electron chi connectivity index (χ1n) is 4.57. The van der Waals surface area contributed by atoms with E-state index in [0.717, 1.165) is 19.6 Å². The van der Waals surface area contributed by atoms with E-state index in [1.165, 1.54) is 0 Å². The van der Waals surface area contributed by atoms with Crippen molar-refractivity contribution in [2.45, 2.75) is 19.9 Å². The molecule has 1 saturated heterocycles.